The number of amides is 1. The SMILES string of the molecule is COc1cc(Br)c(CCC(=O)Nc2nc(C)c(C)s2)cc1OC. The summed E-state index contributed by atoms with van der Waals surface area (Å²) in [5.41, 5.74) is 1.94. The maximum absolute atomic E-state index is 12.1. The van der Waals surface area contributed by atoms with Crippen molar-refractivity contribution in [3.63, 3.8) is 0 Å². The van der Waals surface area contributed by atoms with Gasteiger partial charge in [0, 0.05) is 15.8 Å². The van der Waals surface area contributed by atoms with Gasteiger partial charge in [-0.15, -0.1) is 11.3 Å². The highest BCUT2D eigenvalue weighted by atomic mass is 79.9. The molecule has 0 radical (unpaired) electrons. The second-order valence-electron chi connectivity index (χ2n) is 5.01. The molecule has 23 heavy (non-hydrogen) atoms. The van der Waals surface area contributed by atoms with Gasteiger partial charge in [0.1, 0.15) is 0 Å². The molecule has 0 atom stereocenters. The molecule has 5 nitrogen and oxygen atoms in total. The lowest BCUT2D eigenvalue weighted by Gasteiger charge is -2.11. The van der Waals surface area contributed by atoms with E-state index in [1.165, 1.54) is 11.3 Å². The average molecular weight is 399 g/mol. The lowest BCUT2D eigenvalue weighted by atomic mass is 10.1. The van der Waals surface area contributed by atoms with Crippen LogP contribution in [0.25, 0.3) is 0 Å². The number of rotatable bonds is 6. The van der Waals surface area contributed by atoms with E-state index in [0.29, 0.717) is 29.5 Å². The van der Waals surface area contributed by atoms with Crippen LogP contribution in [0.1, 0.15) is 22.6 Å². The third-order valence-corrected chi connectivity index (χ3v) is 5.18. The molecule has 1 amide bonds. The normalized spacial score (nSPS) is 10.5. The molecule has 1 aromatic heterocycles. The van der Waals surface area contributed by atoms with Gasteiger partial charge in [0.05, 0.1) is 19.9 Å². The molecule has 0 fully saturated rings. The summed E-state index contributed by atoms with van der Waals surface area (Å²) in [5, 5.41) is 3.49. The number of methoxy groups -OCH3 is 2. The molecule has 7 heteroatoms. The van der Waals surface area contributed by atoms with Gasteiger partial charge in [-0.25, -0.2) is 4.98 Å². The number of anilines is 1. The van der Waals surface area contributed by atoms with Gasteiger partial charge in [0.25, 0.3) is 0 Å². The summed E-state index contributed by atoms with van der Waals surface area (Å²) in [6.45, 7) is 3.92. The van der Waals surface area contributed by atoms with E-state index in [1.807, 2.05) is 26.0 Å². The van der Waals surface area contributed by atoms with Crippen LogP contribution in [0.5, 0.6) is 11.5 Å². The Morgan fingerprint density at radius 1 is 1.26 bits per heavy atom. The van der Waals surface area contributed by atoms with Gasteiger partial charge >= 0.3 is 0 Å². The lowest BCUT2D eigenvalue weighted by Crippen LogP contribution is -2.12. The third-order valence-electron chi connectivity index (χ3n) is 3.45. The number of aromatic nitrogens is 1. The van der Waals surface area contributed by atoms with E-state index in [0.717, 1.165) is 20.6 Å². The second kappa shape index (κ2) is 7.79. The summed E-state index contributed by atoms with van der Waals surface area (Å²) in [6, 6.07) is 3.73. The molecule has 0 saturated heterocycles. The Hall–Kier alpha value is -1.60. The molecule has 0 spiro atoms. The summed E-state index contributed by atoms with van der Waals surface area (Å²) >= 11 is 4.99. The fraction of sp³-hybridized carbons (Fsp3) is 0.375. The zero-order chi connectivity index (χ0) is 17.0. The number of carbonyl (C=O) groups excluding carboxylic acids is 1. The van der Waals surface area contributed by atoms with E-state index in [9.17, 15) is 4.79 Å². The topological polar surface area (TPSA) is 60.5 Å². The quantitative estimate of drug-likeness (QED) is 0.794. The molecule has 0 aliphatic heterocycles. The van der Waals surface area contributed by atoms with E-state index in [4.69, 9.17) is 9.47 Å². The molecular formula is C16H19BrN2O3S. The molecular weight excluding hydrogens is 380 g/mol. The first-order valence-electron chi connectivity index (χ1n) is 7.09. The zero-order valence-corrected chi connectivity index (χ0v) is 15.9. The van der Waals surface area contributed by atoms with Crippen LogP contribution < -0.4 is 14.8 Å². The highest BCUT2D eigenvalue weighted by Gasteiger charge is 2.12. The van der Waals surface area contributed by atoms with Crippen molar-refractivity contribution in [2.24, 2.45) is 0 Å². The van der Waals surface area contributed by atoms with Crippen LogP contribution in [0.4, 0.5) is 5.13 Å². The molecule has 2 rings (SSSR count). The molecule has 0 bridgehead atoms. The third kappa shape index (κ3) is 4.45. The van der Waals surface area contributed by atoms with Gasteiger partial charge in [-0.2, -0.15) is 0 Å². The lowest BCUT2D eigenvalue weighted by molar-refractivity contribution is -0.116. The van der Waals surface area contributed by atoms with Crippen LogP contribution in [0.2, 0.25) is 0 Å². The van der Waals surface area contributed by atoms with Crippen LogP contribution in [0, 0.1) is 13.8 Å². The minimum Gasteiger partial charge on any atom is -0.493 e. The van der Waals surface area contributed by atoms with Crippen LogP contribution in [-0.4, -0.2) is 25.1 Å². The zero-order valence-electron chi connectivity index (χ0n) is 13.5. The second-order valence-corrected chi connectivity index (χ2v) is 7.06. The minimum absolute atomic E-state index is 0.0552. The van der Waals surface area contributed by atoms with Crippen molar-refractivity contribution in [2.75, 3.05) is 19.5 Å². The van der Waals surface area contributed by atoms with Gasteiger partial charge < -0.3 is 14.8 Å². The monoisotopic (exact) mass is 398 g/mol. The molecule has 1 aromatic carbocycles. The van der Waals surface area contributed by atoms with Gasteiger partial charge in [0.15, 0.2) is 16.6 Å². The molecule has 0 saturated carbocycles. The number of ether oxygens (including phenoxy) is 2. The van der Waals surface area contributed by atoms with Crippen molar-refractivity contribution >= 4 is 38.3 Å². The fourth-order valence-electron chi connectivity index (χ4n) is 2.04. The van der Waals surface area contributed by atoms with Gasteiger partial charge in [-0.05, 0) is 38.0 Å². The van der Waals surface area contributed by atoms with E-state index < -0.39 is 0 Å². The fourth-order valence-corrected chi connectivity index (χ4v) is 3.40. The summed E-state index contributed by atoms with van der Waals surface area (Å²) in [7, 11) is 3.19. The predicted molar refractivity (Wildman–Crippen MR) is 95.8 cm³/mol. The Labute approximate surface area is 148 Å². The Morgan fingerprint density at radius 2 is 1.91 bits per heavy atom. The number of thiazole rings is 1. The highest BCUT2D eigenvalue weighted by Crippen LogP contribution is 2.33. The van der Waals surface area contributed by atoms with Crippen molar-refractivity contribution in [2.45, 2.75) is 26.7 Å². The van der Waals surface area contributed by atoms with E-state index in [1.54, 1.807) is 14.2 Å². The van der Waals surface area contributed by atoms with Crippen molar-refractivity contribution < 1.29 is 14.3 Å². The molecule has 1 N–H and O–H groups in total. The van der Waals surface area contributed by atoms with Crippen molar-refractivity contribution in [3.8, 4) is 11.5 Å². The van der Waals surface area contributed by atoms with Gasteiger partial charge in [-0.3, -0.25) is 4.79 Å². The smallest absolute Gasteiger partial charge is 0.226 e. The summed E-state index contributed by atoms with van der Waals surface area (Å²) < 4.78 is 11.4. The first-order chi connectivity index (χ1) is 10.9. The Bertz CT molecular complexity index is 696. The Morgan fingerprint density at radius 3 is 2.48 bits per heavy atom. The first-order valence-corrected chi connectivity index (χ1v) is 8.69. The molecule has 0 aliphatic rings. The maximum Gasteiger partial charge on any atom is 0.226 e. The van der Waals surface area contributed by atoms with Crippen molar-refractivity contribution in [1.29, 1.82) is 0 Å². The molecule has 0 aliphatic carbocycles. The number of benzene rings is 1. The van der Waals surface area contributed by atoms with Crippen LogP contribution >= 0.6 is 27.3 Å². The van der Waals surface area contributed by atoms with Crippen molar-refractivity contribution in [1.82, 2.24) is 4.98 Å². The largest absolute Gasteiger partial charge is 0.493 e. The number of aryl methyl sites for hydroxylation is 3. The first kappa shape index (κ1) is 17.7. The summed E-state index contributed by atoms with van der Waals surface area (Å²) in [4.78, 5) is 17.5. The Kier molecular flexibility index (Phi) is 6.01. The van der Waals surface area contributed by atoms with Gasteiger partial charge in [0.2, 0.25) is 5.91 Å². The Balaban J connectivity index is 2.01. The van der Waals surface area contributed by atoms with Crippen LogP contribution in [-0.2, 0) is 11.2 Å². The van der Waals surface area contributed by atoms with E-state index in [-0.39, 0.29) is 5.91 Å². The average Bonchev–Trinajstić information content (AvgIpc) is 2.83. The number of halogens is 1. The van der Waals surface area contributed by atoms with Crippen LogP contribution in [0.15, 0.2) is 16.6 Å². The number of carbonyl (C=O) groups is 1. The standard InChI is InChI=1S/C16H19BrN2O3S/c1-9-10(2)23-16(18-9)19-15(20)6-5-11-7-13(21-3)14(22-4)8-12(11)17/h7-8H,5-6H2,1-4H3,(H,18,19,20). The molecule has 0 unspecified atom stereocenters. The molecule has 2 aromatic rings. The molecule has 124 valence electrons. The maximum atomic E-state index is 12.1. The van der Waals surface area contributed by atoms with Crippen molar-refractivity contribution in [3.05, 3.63) is 32.7 Å². The number of hydrogen-bond donors (Lipinski definition) is 1. The highest BCUT2D eigenvalue weighted by molar-refractivity contribution is 9.10. The van der Waals surface area contributed by atoms with E-state index in [2.05, 4.69) is 26.2 Å². The number of nitrogens with zero attached hydrogens (tertiary/aromatic N) is 1. The number of hydrogen-bond acceptors (Lipinski definition) is 5. The predicted octanol–water partition coefficient (Wildman–Crippen LogP) is 4.11. The minimum atomic E-state index is -0.0552. The van der Waals surface area contributed by atoms with Gasteiger partial charge in [-0.1, -0.05) is 15.9 Å². The summed E-state index contributed by atoms with van der Waals surface area (Å²) in [5.74, 6) is 1.25. The van der Waals surface area contributed by atoms with Crippen LogP contribution in [0.3, 0.4) is 0 Å². The van der Waals surface area contributed by atoms with E-state index >= 15 is 0 Å². The summed E-state index contributed by atoms with van der Waals surface area (Å²) in [6.07, 6.45) is 0.960. The number of nitrogens with one attached hydrogen (secondary N) is 1. The molecule has 1 heterocycles.